The molecule has 0 saturated carbocycles. The molecule has 2 heterocycles. The highest BCUT2D eigenvalue weighted by Crippen LogP contribution is 2.33. The third-order valence-corrected chi connectivity index (χ3v) is 5.86. The van der Waals surface area contributed by atoms with Crippen LogP contribution in [-0.2, 0) is 9.59 Å². The van der Waals surface area contributed by atoms with Crippen LogP contribution in [0.4, 0.5) is 10.5 Å². The van der Waals surface area contributed by atoms with E-state index in [1.807, 2.05) is 26.8 Å². The largest absolute Gasteiger partial charge is 0.494 e. The number of benzene rings is 1. The zero-order valence-corrected chi connectivity index (χ0v) is 19.2. The molecule has 0 radical (unpaired) electrons. The number of nitrogens with zero attached hydrogens (tertiary/aromatic N) is 2. The van der Waals surface area contributed by atoms with Crippen LogP contribution < -0.4 is 10.1 Å². The van der Waals surface area contributed by atoms with E-state index in [9.17, 15) is 14.4 Å². The lowest BCUT2D eigenvalue weighted by Gasteiger charge is -2.13. The molecule has 1 saturated heterocycles. The van der Waals surface area contributed by atoms with Crippen molar-refractivity contribution in [2.75, 3.05) is 18.5 Å². The van der Waals surface area contributed by atoms with Gasteiger partial charge in [-0.3, -0.25) is 19.3 Å². The van der Waals surface area contributed by atoms with Crippen LogP contribution in [0.25, 0.3) is 6.08 Å². The molecule has 1 aromatic heterocycles. The molecule has 8 heteroatoms. The Morgan fingerprint density at radius 3 is 2.45 bits per heavy atom. The fourth-order valence-corrected chi connectivity index (χ4v) is 4.50. The third-order valence-electron chi connectivity index (χ3n) is 4.95. The van der Waals surface area contributed by atoms with Gasteiger partial charge < -0.3 is 14.6 Å². The Bertz CT molecular complexity index is 1040. The second-order valence-corrected chi connectivity index (χ2v) is 8.56. The van der Waals surface area contributed by atoms with Gasteiger partial charge in [-0.2, -0.15) is 0 Å². The Hall–Kier alpha value is -3.00. The number of aryl methyl sites for hydroxylation is 1. The average molecular weight is 442 g/mol. The van der Waals surface area contributed by atoms with Gasteiger partial charge in [-0.1, -0.05) is 0 Å². The van der Waals surface area contributed by atoms with Crippen LogP contribution in [0.1, 0.15) is 43.8 Å². The van der Waals surface area contributed by atoms with Gasteiger partial charge in [-0.15, -0.1) is 0 Å². The second kappa shape index (κ2) is 9.43. The number of ether oxygens (including phenoxy) is 1. The maximum Gasteiger partial charge on any atom is 0.294 e. The van der Waals surface area contributed by atoms with E-state index in [-0.39, 0.29) is 6.54 Å². The van der Waals surface area contributed by atoms with Gasteiger partial charge >= 0.3 is 0 Å². The summed E-state index contributed by atoms with van der Waals surface area (Å²) < 4.78 is 7.55. The van der Waals surface area contributed by atoms with E-state index in [1.165, 1.54) is 0 Å². The number of carbonyl (C=O) groups is 3. The number of rotatable bonds is 7. The van der Waals surface area contributed by atoms with Crippen molar-refractivity contribution < 1.29 is 19.1 Å². The molecule has 0 aliphatic carbocycles. The molecule has 0 atom stereocenters. The summed E-state index contributed by atoms with van der Waals surface area (Å²) in [4.78, 5) is 38.8. The van der Waals surface area contributed by atoms with Gasteiger partial charge in [0.15, 0.2) is 0 Å². The highest BCUT2D eigenvalue weighted by molar-refractivity contribution is 8.18. The highest BCUT2D eigenvalue weighted by atomic mass is 32.2. The van der Waals surface area contributed by atoms with E-state index in [4.69, 9.17) is 4.74 Å². The van der Waals surface area contributed by atoms with Gasteiger partial charge in [0.25, 0.3) is 11.1 Å². The van der Waals surface area contributed by atoms with Crippen molar-refractivity contribution in [2.45, 2.75) is 40.7 Å². The molecule has 1 aliphatic rings. The standard InChI is InChI=1S/C23H27N3O4S/c1-6-30-19-9-7-18(8-10-19)24-21(27)13-25-22(28)20(31-23(25)29)12-17-11-15(4)26(14(2)3)16(17)5/h7-12,14H,6,13H2,1-5H3,(H,24,27). The van der Waals surface area contributed by atoms with E-state index >= 15 is 0 Å². The molecular weight excluding hydrogens is 414 g/mol. The van der Waals surface area contributed by atoms with Crippen molar-refractivity contribution in [2.24, 2.45) is 0 Å². The van der Waals surface area contributed by atoms with Crippen LogP contribution in [0.2, 0.25) is 0 Å². The van der Waals surface area contributed by atoms with Crippen LogP contribution >= 0.6 is 11.8 Å². The third kappa shape index (κ3) is 5.02. The summed E-state index contributed by atoms with van der Waals surface area (Å²) in [5.41, 5.74) is 3.59. The number of thioether (sulfide) groups is 1. The normalized spacial score (nSPS) is 15.3. The van der Waals surface area contributed by atoms with E-state index < -0.39 is 17.1 Å². The molecule has 31 heavy (non-hydrogen) atoms. The minimum atomic E-state index is -0.453. The van der Waals surface area contributed by atoms with E-state index in [2.05, 4.69) is 23.7 Å². The number of hydrogen-bond donors (Lipinski definition) is 1. The van der Waals surface area contributed by atoms with Gasteiger partial charge in [0.2, 0.25) is 5.91 Å². The Labute approximate surface area is 186 Å². The fraction of sp³-hybridized carbons (Fsp3) is 0.348. The lowest BCUT2D eigenvalue weighted by atomic mass is 10.2. The molecule has 1 aliphatic heterocycles. The predicted molar refractivity (Wildman–Crippen MR) is 123 cm³/mol. The van der Waals surface area contributed by atoms with Gasteiger partial charge in [0.1, 0.15) is 12.3 Å². The highest BCUT2D eigenvalue weighted by Gasteiger charge is 2.36. The quantitative estimate of drug-likeness (QED) is 0.627. The zero-order valence-electron chi connectivity index (χ0n) is 18.4. The Morgan fingerprint density at radius 1 is 1.19 bits per heavy atom. The number of aromatic nitrogens is 1. The van der Waals surface area contributed by atoms with Crippen LogP contribution in [0.15, 0.2) is 35.2 Å². The van der Waals surface area contributed by atoms with Gasteiger partial charge in [-0.25, -0.2) is 0 Å². The molecule has 0 bridgehead atoms. The molecular formula is C23H27N3O4S. The molecule has 3 rings (SSSR count). The van der Waals surface area contributed by atoms with Crippen molar-refractivity contribution >= 4 is 40.6 Å². The Kier molecular flexibility index (Phi) is 6.90. The maximum atomic E-state index is 12.8. The SMILES string of the molecule is CCOc1ccc(NC(=O)CN2C(=O)SC(=Cc3cc(C)n(C(C)C)c3C)C2=O)cc1. The summed E-state index contributed by atoms with van der Waals surface area (Å²) in [7, 11) is 0. The van der Waals surface area contributed by atoms with Crippen molar-refractivity contribution in [1.82, 2.24) is 9.47 Å². The number of hydrogen-bond acceptors (Lipinski definition) is 5. The van der Waals surface area contributed by atoms with E-state index in [0.29, 0.717) is 29.0 Å². The number of amides is 3. The van der Waals surface area contributed by atoms with E-state index in [0.717, 1.165) is 33.6 Å². The minimum absolute atomic E-state index is 0.295. The number of anilines is 1. The Morgan fingerprint density at radius 2 is 1.87 bits per heavy atom. The van der Waals surface area contributed by atoms with Crippen LogP contribution in [0.3, 0.4) is 0 Å². The summed E-state index contributed by atoms with van der Waals surface area (Å²) >= 11 is 0.857. The first kappa shape index (κ1) is 22.7. The summed E-state index contributed by atoms with van der Waals surface area (Å²) in [6.45, 7) is 10.3. The summed E-state index contributed by atoms with van der Waals surface area (Å²) in [6, 6.07) is 9.21. The van der Waals surface area contributed by atoms with Crippen molar-refractivity contribution in [3.63, 3.8) is 0 Å². The molecule has 0 spiro atoms. The molecule has 1 N–H and O–H groups in total. The lowest BCUT2D eigenvalue weighted by molar-refractivity contribution is -0.127. The molecule has 164 valence electrons. The van der Waals surface area contributed by atoms with Crippen molar-refractivity contribution in [1.29, 1.82) is 0 Å². The molecule has 1 fully saturated rings. The number of nitrogens with one attached hydrogen (secondary N) is 1. The minimum Gasteiger partial charge on any atom is -0.494 e. The smallest absolute Gasteiger partial charge is 0.294 e. The Balaban J connectivity index is 1.69. The molecule has 2 aromatic rings. The van der Waals surface area contributed by atoms with Gasteiger partial charge in [-0.05, 0) is 88.4 Å². The van der Waals surface area contributed by atoms with Crippen LogP contribution in [-0.4, -0.2) is 39.7 Å². The summed E-state index contributed by atoms with van der Waals surface area (Å²) in [6.07, 6.45) is 1.73. The van der Waals surface area contributed by atoms with Crippen molar-refractivity contribution in [3.8, 4) is 5.75 Å². The zero-order chi connectivity index (χ0) is 22.7. The number of imide groups is 1. The molecule has 7 nitrogen and oxygen atoms in total. The lowest BCUT2D eigenvalue weighted by Crippen LogP contribution is -2.36. The summed E-state index contributed by atoms with van der Waals surface area (Å²) in [5.74, 6) is -0.190. The van der Waals surface area contributed by atoms with Gasteiger partial charge in [0.05, 0.1) is 11.5 Å². The van der Waals surface area contributed by atoms with Crippen molar-refractivity contribution in [3.05, 3.63) is 52.2 Å². The monoisotopic (exact) mass is 441 g/mol. The van der Waals surface area contributed by atoms with Crippen LogP contribution in [0.5, 0.6) is 5.75 Å². The molecule has 3 amide bonds. The first-order valence-corrected chi connectivity index (χ1v) is 11.0. The van der Waals surface area contributed by atoms with E-state index in [1.54, 1.807) is 30.3 Å². The maximum absolute atomic E-state index is 12.8. The molecule has 0 unspecified atom stereocenters. The fourth-order valence-electron chi connectivity index (χ4n) is 3.67. The predicted octanol–water partition coefficient (Wildman–Crippen LogP) is 4.76. The molecule has 1 aromatic carbocycles. The van der Waals surface area contributed by atoms with Crippen LogP contribution in [0, 0.1) is 13.8 Å². The average Bonchev–Trinajstić information content (AvgIpc) is 3.13. The summed E-state index contributed by atoms with van der Waals surface area (Å²) in [5, 5.41) is 2.26. The first-order chi connectivity index (χ1) is 14.7. The topological polar surface area (TPSA) is 80.6 Å². The number of carbonyl (C=O) groups excluding carboxylic acids is 3. The van der Waals surface area contributed by atoms with Gasteiger partial charge in [0, 0.05) is 23.1 Å². The first-order valence-electron chi connectivity index (χ1n) is 10.2. The second-order valence-electron chi connectivity index (χ2n) is 7.56.